The summed E-state index contributed by atoms with van der Waals surface area (Å²) in [5.74, 6) is 0.215. The fourth-order valence-electron chi connectivity index (χ4n) is 1.09. The molecule has 0 aliphatic carbocycles. The van der Waals surface area contributed by atoms with Crippen molar-refractivity contribution in [3.8, 4) is 0 Å². The predicted molar refractivity (Wildman–Crippen MR) is 58.5 cm³/mol. The maximum absolute atomic E-state index is 10.5. The van der Waals surface area contributed by atoms with Gasteiger partial charge >= 0.3 is 0 Å². The minimum absolute atomic E-state index is 0.00788. The van der Waals surface area contributed by atoms with Crippen molar-refractivity contribution < 1.29 is 4.92 Å². The third kappa shape index (κ3) is 2.81. The van der Waals surface area contributed by atoms with Crippen LogP contribution in [0.5, 0.6) is 0 Å². The fourth-order valence-corrected chi connectivity index (χ4v) is 1.09. The number of aromatic nitrogens is 4. The number of nitro benzene ring substituents is 1. The van der Waals surface area contributed by atoms with Gasteiger partial charge in [-0.15, -0.1) is 5.10 Å². The number of aromatic amines is 1. The summed E-state index contributed by atoms with van der Waals surface area (Å²) in [6, 6.07) is 6.08. The second-order valence-corrected chi connectivity index (χ2v) is 2.96. The van der Waals surface area contributed by atoms with Crippen LogP contribution in [0.2, 0.25) is 0 Å². The second-order valence-electron chi connectivity index (χ2n) is 2.96. The summed E-state index contributed by atoms with van der Waals surface area (Å²) in [5, 5.41) is 27.1. The highest BCUT2D eigenvalue weighted by Gasteiger charge is 2.03. The molecule has 0 spiro atoms. The molecule has 2 aromatic rings. The average Bonchev–Trinajstić information content (AvgIpc) is 2.82. The van der Waals surface area contributed by atoms with Gasteiger partial charge in [-0.3, -0.25) is 10.1 Å². The number of nitro groups is 1. The summed E-state index contributed by atoms with van der Waals surface area (Å²) in [6.07, 6.45) is 1.42. The predicted octanol–water partition coefficient (Wildman–Crippen LogP) is 0.554. The van der Waals surface area contributed by atoms with Gasteiger partial charge in [0.25, 0.3) is 11.6 Å². The maximum Gasteiger partial charge on any atom is 0.283 e. The lowest BCUT2D eigenvalue weighted by Gasteiger charge is -1.94. The van der Waals surface area contributed by atoms with E-state index in [9.17, 15) is 10.1 Å². The molecule has 0 unspecified atom stereocenters. The van der Waals surface area contributed by atoms with Gasteiger partial charge in [-0.2, -0.15) is 10.3 Å². The number of hydrogen-bond acceptors (Lipinski definition) is 7. The molecule has 86 valence electrons. The van der Waals surface area contributed by atoms with Crippen LogP contribution in [0, 0.1) is 10.1 Å². The molecule has 1 aromatic heterocycles. The fraction of sp³-hybridized carbons (Fsp3) is 0. The van der Waals surface area contributed by atoms with Gasteiger partial charge in [0.05, 0.1) is 11.1 Å². The Morgan fingerprint density at radius 3 is 3.12 bits per heavy atom. The third-order valence-electron chi connectivity index (χ3n) is 1.80. The van der Waals surface area contributed by atoms with E-state index in [0.717, 1.165) is 0 Å². The van der Waals surface area contributed by atoms with Gasteiger partial charge in [-0.05, 0) is 5.21 Å². The minimum Gasteiger partial charge on any atom is -0.258 e. The normalized spacial score (nSPS) is 10.6. The smallest absolute Gasteiger partial charge is 0.258 e. The number of rotatable bonds is 4. The van der Waals surface area contributed by atoms with Crippen molar-refractivity contribution in [2.75, 3.05) is 5.43 Å². The summed E-state index contributed by atoms with van der Waals surface area (Å²) >= 11 is 0. The van der Waals surface area contributed by atoms with E-state index in [2.05, 4.69) is 31.2 Å². The first-order valence-electron chi connectivity index (χ1n) is 4.53. The Balaban J connectivity index is 2.05. The Labute approximate surface area is 94.7 Å². The molecule has 0 aliphatic rings. The Kier molecular flexibility index (Phi) is 3.01. The molecule has 0 fully saturated rings. The molecule has 9 nitrogen and oxygen atoms in total. The minimum atomic E-state index is -0.468. The maximum atomic E-state index is 10.5. The first-order chi connectivity index (χ1) is 8.25. The Hall–Kier alpha value is -2.84. The molecule has 0 radical (unpaired) electrons. The zero-order valence-corrected chi connectivity index (χ0v) is 8.44. The van der Waals surface area contributed by atoms with Crippen LogP contribution >= 0.6 is 0 Å². The van der Waals surface area contributed by atoms with Crippen LogP contribution in [0.15, 0.2) is 29.4 Å². The number of nitrogens with one attached hydrogen (secondary N) is 2. The van der Waals surface area contributed by atoms with Crippen molar-refractivity contribution >= 4 is 17.9 Å². The number of hydrogen-bond donors (Lipinski definition) is 2. The van der Waals surface area contributed by atoms with Gasteiger partial charge in [0.15, 0.2) is 0 Å². The first-order valence-corrected chi connectivity index (χ1v) is 4.53. The van der Waals surface area contributed by atoms with Gasteiger partial charge in [0.1, 0.15) is 0 Å². The standard InChI is InChI=1S/C8H7N7O2/c16-15(17)7-3-1-2-6(4-7)5-9-10-8-11-13-14-12-8/h1-5H,(H2,10,11,12,13,14)/b9-5+. The van der Waals surface area contributed by atoms with E-state index in [1.165, 1.54) is 18.3 Å². The highest BCUT2D eigenvalue weighted by molar-refractivity contribution is 5.81. The molecule has 0 aliphatic heterocycles. The summed E-state index contributed by atoms with van der Waals surface area (Å²) in [5.41, 5.74) is 3.11. The molecule has 0 bridgehead atoms. The molecule has 17 heavy (non-hydrogen) atoms. The lowest BCUT2D eigenvalue weighted by Crippen LogP contribution is -1.93. The molecular weight excluding hydrogens is 226 g/mol. The van der Waals surface area contributed by atoms with Crippen LogP contribution in [-0.4, -0.2) is 31.8 Å². The summed E-state index contributed by atoms with van der Waals surface area (Å²) in [4.78, 5) is 10.1. The number of non-ortho nitro benzene ring substituents is 1. The Bertz CT molecular complexity index is 537. The van der Waals surface area contributed by atoms with Crippen molar-refractivity contribution in [3.63, 3.8) is 0 Å². The summed E-state index contributed by atoms with van der Waals surface area (Å²) in [7, 11) is 0. The highest BCUT2D eigenvalue weighted by Crippen LogP contribution is 2.11. The molecule has 2 rings (SSSR count). The largest absolute Gasteiger partial charge is 0.283 e. The van der Waals surface area contributed by atoms with Crippen molar-refractivity contribution in [2.24, 2.45) is 5.10 Å². The van der Waals surface area contributed by atoms with E-state index in [4.69, 9.17) is 0 Å². The molecule has 0 amide bonds. The van der Waals surface area contributed by atoms with Crippen molar-refractivity contribution in [2.45, 2.75) is 0 Å². The molecule has 1 heterocycles. The van der Waals surface area contributed by atoms with Crippen molar-refractivity contribution in [3.05, 3.63) is 39.9 Å². The SMILES string of the molecule is O=[N+]([O-])c1cccc(/C=N/Nc2nn[nH]n2)c1. The lowest BCUT2D eigenvalue weighted by atomic mass is 10.2. The van der Waals surface area contributed by atoms with E-state index < -0.39 is 4.92 Å². The van der Waals surface area contributed by atoms with Crippen LogP contribution in [0.3, 0.4) is 0 Å². The van der Waals surface area contributed by atoms with Gasteiger partial charge in [-0.25, -0.2) is 5.43 Å². The van der Waals surface area contributed by atoms with Crippen LogP contribution < -0.4 is 5.43 Å². The molecule has 0 saturated carbocycles. The number of hydrazone groups is 1. The zero-order valence-electron chi connectivity index (χ0n) is 8.44. The quantitative estimate of drug-likeness (QED) is 0.451. The average molecular weight is 233 g/mol. The van der Waals surface area contributed by atoms with E-state index in [1.54, 1.807) is 12.1 Å². The highest BCUT2D eigenvalue weighted by atomic mass is 16.6. The number of H-pyrrole nitrogens is 1. The van der Waals surface area contributed by atoms with Gasteiger partial charge in [0.2, 0.25) is 0 Å². The van der Waals surface area contributed by atoms with Crippen molar-refractivity contribution in [1.29, 1.82) is 0 Å². The van der Waals surface area contributed by atoms with E-state index in [-0.39, 0.29) is 11.6 Å². The summed E-state index contributed by atoms with van der Waals surface area (Å²) in [6.45, 7) is 0. The summed E-state index contributed by atoms with van der Waals surface area (Å²) < 4.78 is 0. The third-order valence-corrected chi connectivity index (χ3v) is 1.80. The second kappa shape index (κ2) is 4.79. The van der Waals surface area contributed by atoms with Crippen molar-refractivity contribution in [1.82, 2.24) is 20.6 Å². The van der Waals surface area contributed by atoms with Crippen LogP contribution in [0.4, 0.5) is 11.6 Å². The van der Waals surface area contributed by atoms with E-state index in [0.29, 0.717) is 5.56 Å². The first kappa shape index (κ1) is 10.7. The molecule has 2 N–H and O–H groups in total. The van der Waals surface area contributed by atoms with E-state index >= 15 is 0 Å². The topological polar surface area (TPSA) is 122 Å². The molecule has 1 aromatic carbocycles. The van der Waals surface area contributed by atoms with Gasteiger partial charge in [-0.1, -0.05) is 17.2 Å². The van der Waals surface area contributed by atoms with Gasteiger partial charge < -0.3 is 0 Å². The van der Waals surface area contributed by atoms with Gasteiger partial charge in [0, 0.05) is 17.7 Å². The zero-order chi connectivity index (χ0) is 12.1. The number of tetrazole rings is 1. The number of anilines is 1. The number of benzene rings is 1. The monoisotopic (exact) mass is 233 g/mol. The van der Waals surface area contributed by atoms with Crippen LogP contribution in [0.1, 0.15) is 5.56 Å². The van der Waals surface area contributed by atoms with E-state index in [1.807, 2.05) is 0 Å². The Morgan fingerprint density at radius 1 is 1.53 bits per heavy atom. The molecule has 0 atom stereocenters. The molecular formula is C8H7N7O2. The van der Waals surface area contributed by atoms with Crippen LogP contribution in [0.25, 0.3) is 0 Å². The van der Waals surface area contributed by atoms with Crippen LogP contribution in [-0.2, 0) is 0 Å². The molecule has 0 saturated heterocycles. The lowest BCUT2D eigenvalue weighted by molar-refractivity contribution is -0.384. The Morgan fingerprint density at radius 2 is 2.41 bits per heavy atom. The number of nitrogens with zero attached hydrogens (tertiary/aromatic N) is 5. The molecule has 9 heteroatoms.